The van der Waals surface area contributed by atoms with Gasteiger partial charge in [0.15, 0.2) is 0 Å². The molecule has 7 nitrogen and oxygen atoms in total. The van der Waals surface area contributed by atoms with E-state index in [4.69, 9.17) is 5.73 Å². The molecule has 0 radical (unpaired) electrons. The summed E-state index contributed by atoms with van der Waals surface area (Å²) in [5, 5.41) is 13.5. The van der Waals surface area contributed by atoms with Gasteiger partial charge < -0.3 is 5.73 Å². The third-order valence-corrected chi connectivity index (χ3v) is 4.64. The van der Waals surface area contributed by atoms with Gasteiger partial charge in [-0.15, -0.1) is 5.10 Å². The summed E-state index contributed by atoms with van der Waals surface area (Å²) in [4.78, 5) is 8.94. The predicted octanol–water partition coefficient (Wildman–Crippen LogP) is 2.54. The standard InChI is InChI=1S/C17H15N7S/c18-16-13-8-4-5-9-14(13)19-15(20-16)11-25-17-21-22-23-24(17)10-12-6-2-1-3-7-12/h1-9H,10-11H2,(H2,18,19,20). The van der Waals surface area contributed by atoms with Gasteiger partial charge in [-0.05, 0) is 28.1 Å². The Balaban J connectivity index is 1.52. The van der Waals surface area contributed by atoms with Gasteiger partial charge in [-0.25, -0.2) is 14.6 Å². The zero-order valence-electron chi connectivity index (χ0n) is 13.3. The summed E-state index contributed by atoms with van der Waals surface area (Å²) >= 11 is 1.49. The number of hydrogen-bond acceptors (Lipinski definition) is 7. The summed E-state index contributed by atoms with van der Waals surface area (Å²) < 4.78 is 1.77. The summed E-state index contributed by atoms with van der Waals surface area (Å²) in [6.45, 7) is 0.622. The maximum absolute atomic E-state index is 6.03. The van der Waals surface area contributed by atoms with Crippen molar-refractivity contribution in [2.24, 2.45) is 0 Å². The number of thioether (sulfide) groups is 1. The maximum Gasteiger partial charge on any atom is 0.210 e. The Bertz CT molecular complexity index is 1000. The second-order valence-electron chi connectivity index (χ2n) is 5.44. The van der Waals surface area contributed by atoms with Gasteiger partial charge in [0.05, 0.1) is 17.8 Å². The molecular formula is C17H15N7S. The van der Waals surface area contributed by atoms with Crippen molar-refractivity contribution in [1.82, 2.24) is 30.2 Å². The molecule has 0 spiro atoms. The summed E-state index contributed by atoms with van der Waals surface area (Å²) in [6, 6.07) is 17.8. The lowest BCUT2D eigenvalue weighted by Gasteiger charge is -2.06. The van der Waals surface area contributed by atoms with Crippen LogP contribution in [-0.4, -0.2) is 30.2 Å². The van der Waals surface area contributed by atoms with Gasteiger partial charge in [-0.1, -0.05) is 54.2 Å². The molecule has 8 heteroatoms. The molecule has 124 valence electrons. The quantitative estimate of drug-likeness (QED) is 0.553. The first-order valence-electron chi connectivity index (χ1n) is 7.73. The van der Waals surface area contributed by atoms with Crippen LogP contribution in [0.3, 0.4) is 0 Å². The number of nitrogens with zero attached hydrogens (tertiary/aromatic N) is 6. The topological polar surface area (TPSA) is 95.4 Å². The van der Waals surface area contributed by atoms with Gasteiger partial charge in [0.25, 0.3) is 0 Å². The van der Waals surface area contributed by atoms with Crippen molar-refractivity contribution in [3.05, 3.63) is 66.0 Å². The molecule has 0 aliphatic rings. The molecule has 2 aromatic heterocycles. The van der Waals surface area contributed by atoms with Crippen LogP contribution in [0.1, 0.15) is 11.4 Å². The number of para-hydroxylation sites is 1. The Hall–Kier alpha value is -3.00. The van der Waals surface area contributed by atoms with Crippen LogP contribution in [-0.2, 0) is 12.3 Å². The monoisotopic (exact) mass is 349 g/mol. The normalized spacial score (nSPS) is 11.0. The fourth-order valence-corrected chi connectivity index (χ4v) is 3.23. The number of fused-ring (bicyclic) bond motifs is 1. The molecule has 2 N–H and O–H groups in total. The van der Waals surface area contributed by atoms with Gasteiger partial charge in [0.1, 0.15) is 11.6 Å². The molecule has 4 rings (SSSR count). The summed E-state index contributed by atoms with van der Waals surface area (Å²) in [6.07, 6.45) is 0. The number of rotatable bonds is 5. The molecule has 0 saturated heterocycles. The van der Waals surface area contributed by atoms with Crippen molar-refractivity contribution in [1.29, 1.82) is 0 Å². The van der Waals surface area contributed by atoms with E-state index in [0.29, 0.717) is 23.9 Å². The fourth-order valence-electron chi connectivity index (χ4n) is 2.50. The SMILES string of the molecule is Nc1nc(CSc2nnnn2Cc2ccccc2)nc2ccccc12. The minimum atomic E-state index is 0.491. The third kappa shape index (κ3) is 3.43. The van der Waals surface area contributed by atoms with Crippen LogP contribution >= 0.6 is 11.8 Å². The molecule has 0 unspecified atom stereocenters. The highest BCUT2D eigenvalue weighted by atomic mass is 32.2. The average molecular weight is 349 g/mol. The van der Waals surface area contributed by atoms with Crippen molar-refractivity contribution in [3.8, 4) is 0 Å². The van der Waals surface area contributed by atoms with E-state index in [1.165, 1.54) is 11.8 Å². The van der Waals surface area contributed by atoms with Gasteiger partial charge in [0, 0.05) is 5.39 Å². The van der Waals surface area contributed by atoms with Gasteiger partial charge in [0.2, 0.25) is 5.16 Å². The van der Waals surface area contributed by atoms with E-state index in [1.54, 1.807) is 4.68 Å². The van der Waals surface area contributed by atoms with Crippen LogP contribution in [0, 0.1) is 0 Å². The Labute approximate surface area is 148 Å². The highest BCUT2D eigenvalue weighted by Gasteiger charge is 2.10. The van der Waals surface area contributed by atoms with E-state index in [9.17, 15) is 0 Å². The Morgan fingerprint density at radius 1 is 0.960 bits per heavy atom. The van der Waals surface area contributed by atoms with E-state index < -0.39 is 0 Å². The molecule has 0 bridgehead atoms. The lowest BCUT2D eigenvalue weighted by atomic mass is 10.2. The number of benzene rings is 2. The number of anilines is 1. The first-order valence-corrected chi connectivity index (χ1v) is 8.72. The van der Waals surface area contributed by atoms with E-state index in [2.05, 4.69) is 25.5 Å². The van der Waals surface area contributed by atoms with Gasteiger partial charge in [-0.3, -0.25) is 0 Å². The number of hydrogen-bond donors (Lipinski definition) is 1. The molecule has 0 aliphatic heterocycles. The molecule has 0 atom stereocenters. The lowest BCUT2D eigenvalue weighted by Crippen LogP contribution is -2.04. The number of aromatic nitrogens is 6. The molecule has 0 fully saturated rings. The zero-order chi connectivity index (χ0) is 17.1. The maximum atomic E-state index is 6.03. The van der Waals surface area contributed by atoms with Crippen molar-refractivity contribution in [3.63, 3.8) is 0 Å². The molecule has 25 heavy (non-hydrogen) atoms. The Kier molecular flexibility index (Phi) is 4.26. The van der Waals surface area contributed by atoms with Crippen molar-refractivity contribution in [2.45, 2.75) is 17.5 Å². The minimum Gasteiger partial charge on any atom is -0.383 e. The Morgan fingerprint density at radius 2 is 1.76 bits per heavy atom. The summed E-state index contributed by atoms with van der Waals surface area (Å²) in [7, 11) is 0. The first kappa shape index (κ1) is 15.5. The summed E-state index contributed by atoms with van der Waals surface area (Å²) in [5.74, 6) is 1.70. The van der Waals surface area contributed by atoms with Crippen molar-refractivity contribution >= 4 is 28.5 Å². The van der Waals surface area contributed by atoms with E-state index in [-0.39, 0.29) is 0 Å². The average Bonchev–Trinajstić information content (AvgIpc) is 3.08. The van der Waals surface area contributed by atoms with Crippen molar-refractivity contribution in [2.75, 3.05) is 5.73 Å². The van der Waals surface area contributed by atoms with Crippen LogP contribution in [0.25, 0.3) is 10.9 Å². The molecule has 0 amide bonds. The number of nitrogens with two attached hydrogens (primary N) is 1. The zero-order valence-corrected chi connectivity index (χ0v) is 14.1. The number of nitrogen functional groups attached to an aromatic ring is 1. The van der Waals surface area contributed by atoms with E-state index in [0.717, 1.165) is 21.6 Å². The lowest BCUT2D eigenvalue weighted by molar-refractivity contribution is 0.602. The van der Waals surface area contributed by atoms with Crippen LogP contribution in [0.5, 0.6) is 0 Å². The number of tetrazole rings is 1. The van der Waals surface area contributed by atoms with Crippen LogP contribution in [0.4, 0.5) is 5.82 Å². The highest BCUT2D eigenvalue weighted by molar-refractivity contribution is 7.98. The minimum absolute atomic E-state index is 0.491. The van der Waals surface area contributed by atoms with Crippen LogP contribution in [0.15, 0.2) is 59.8 Å². The second kappa shape index (κ2) is 6.86. The van der Waals surface area contributed by atoms with Crippen LogP contribution < -0.4 is 5.73 Å². The van der Waals surface area contributed by atoms with Crippen LogP contribution in [0.2, 0.25) is 0 Å². The van der Waals surface area contributed by atoms with E-state index >= 15 is 0 Å². The predicted molar refractivity (Wildman–Crippen MR) is 96.9 cm³/mol. The van der Waals surface area contributed by atoms with Crippen molar-refractivity contribution < 1.29 is 0 Å². The summed E-state index contributed by atoms with van der Waals surface area (Å²) in [5.41, 5.74) is 8.02. The molecule has 2 aromatic carbocycles. The largest absolute Gasteiger partial charge is 0.383 e. The third-order valence-electron chi connectivity index (χ3n) is 3.68. The molecule has 0 aliphatic carbocycles. The molecular weight excluding hydrogens is 334 g/mol. The smallest absolute Gasteiger partial charge is 0.210 e. The van der Waals surface area contributed by atoms with E-state index in [1.807, 2.05) is 54.6 Å². The first-order chi connectivity index (χ1) is 12.3. The Morgan fingerprint density at radius 3 is 2.64 bits per heavy atom. The molecule has 0 saturated carbocycles. The molecule has 2 heterocycles. The van der Waals surface area contributed by atoms with Gasteiger partial charge in [-0.2, -0.15) is 0 Å². The second-order valence-corrected chi connectivity index (χ2v) is 6.38. The molecule has 4 aromatic rings. The fraction of sp³-hybridized carbons (Fsp3) is 0.118. The van der Waals surface area contributed by atoms with Gasteiger partial charge >= 0.3 is 0 Å². The highest BCUT2D eigenvalue weighted by Crippen LogP contribution is 2.22.